The Kier molecular flexibility index (Phi) is 6.73. The molecule has 0 saturated carbocycles. The van der Waals surface area contributed by atoms with Crippen molar-refractivity contribution in [2.24, 2.45) is 0 Å². The van der Waals surface area contributed by atoms with E-state index in [2.05, 4.69) is 0 Å². The lowest BCUT2D eigenvalue weighted by atomic mass is 9.99. The number of carbonyl (C=O) groups excluding carboxylic acids is 1. The number of hydrogen-bond donors (Lipinski definition) is 1. The van der Waals surface area contributed by atoms with Gasteiger partial charge in [0.1, 0.15) is 0 Å². The summed E-state index contributed by atoms with van der Waals surface area (Å²) in [5, 5.41) is 8.40. The maximum Gasteiger partial charge on any atom is 0.335 e. The van der Waals surface area contributed by atoms with Gasteiger partial charge in [-0.15, -0.1) is 0 Å². The molecular formula is C20H23ClO3. The van der Waals surface area contributed by atoms with Crippen LogP contribution in [0.15, 0.2) is 24.3 Å². The topological polar surface area (TPSA) is 54.4 Å². The lowest BCUT2D eigenvalue weighted by Crippen LogP contribution is -2.01. The maximum atomic E-state index is 10.9. The zero-order chi connectivity index (χ0) is 18.6. The number of carbonyl (C=O) groups is 2. The molecular weight excluding hydrogens is 324 g/mol. The van der Waals surface area contributed by atoms with Crippen molar-refractivity contribution in [2.45, 2.75) is 41.5 Å². The van der Waals surface area contributed by atoms with Gasteiger partial charge in [0.25, 0.3) is 5.24 Å². The third kappa shape index (κ3) is 4.45. The van der Waals surface area contributed by atoms with Gasteiger partial charge >= 0.3 is 5.97 Å². The molecule has 0 bridgehead atoms. The van der Waals surface area contributed by atoms with E-state index < -0.39 is 5.97 Å². The van der Waals surface area contributed by atoms with Crippen molar-refractivity contribution in [2.75, 3.05) is 0 Å². The summed E-state index contributed by atoms with van der Waals surface area (Å²) in [6.07, 6.45) is 0. The third-order valence-electron chi connectivity index (χ3n) is 4.56. The summed E-state index contributed by atoms with van der Waals surface area (Å²) in [6.45, 7) is 11.7. The van der Waals surface area contributed by atoms with Gasteiger partial charge in [-0.3, -0.25) is 4.79 Å². The quantitative estimate of drug-likeness (QED) is 0.750. The van der Waals surface area contributed by atoms with Crippen LogP contribution in [0.1, 0.15) is 54.1 Å². The number of aryl methyl sites for hydroxylation is 2. The number of carboxylic acids is 1. The van der Waals surface area contributed by atoms with Crippen LogP contribution in [-0.2, 0) is 0 Å². The van der Waals surface area contributed by atoms with Gasteiger partial charge in [0.2, 0.25) is 0 Å². The van der Waals surface area contributed by atoms with E-state index in [4.69, 9.17) is 16.7 Å². The molecule has 0 spiro atoms. The van der Waals surface area contributed by atoms with E-state index in [0.29, 0.717) is 11.1 Å². The molecule has 0 amide bonds. The molecule has 1 N–H and O–H groups in total. The lowest BCUT2D eigenvalue weighted by molar-refractivity contribution is 0.0696. The molecule has 2 aromatic carbocycles. The summed E-state index contributed by atoms with van der Waals surface area (Å²) >= 11 is 5.39. The van der Waals surface area contributed by atoms with E-state index >= 15 is 0 Å². The Morgan fingerprint density at radius 2 is 1.08 bits per heavy atom. The highest BCUT2D eigenvalue weighted by atomic mass is 35.5. The highest BCUT2D eigenvalue weighted by Gasteiger charge is 2.09. The summed E-state index contributed by atoms with van der Waals surface area (Å²) in [4.78, 5) is 21.6. The molecule has 0 saturated heterocycles. The zero-order valence-corrected chi connectivity index (χ0v) is 15.7. The Balaban J connectivity index is 0.000000240. The Morgan fingerprint density at radius 3 is 1.46 bits per heavy atom. The highest BCUT2D eigenvalue weighted by Crippen LogP contribution is 2.18. The van der Waals surface area contributed by atoms with Crippen LogP contribution in [0, 0.1) is 41.5 Å². The molecule has 128 valence electrons. The summed E-state index contributed by atoms with van der Waals surface area (Å²) in [5.74, 6) is -0.851. The molecule has 4 heteroatoms. The lowest BCUT2D eigenvalue weighted by Gasteiger charge is -2.06. The molecule has 2 rings (SSSR count). The zero-order valence-electron chi connectivity index (χ0n) is 15.0. The molecule has 0 fully saturated rings. The summed E-state index contributed by atoms with van der Waals surface area (Å²) < 4.78 is 0. The molecule has 3 nitrogen and oxygen atoms in total. The highest BCUT2D eigenvalue weighted by molar-refractivity contribution is 6.67. The Morgan fingerprint density at radius 1 is 0.708 bits per heavy atom. The van der Waals surface area contributed by atoms with Crippen molar-refractivity contribution >= 4 is 22.8 Å². The number of rotatable bonds is 2. The van der Waals surface area contributed by atoms with E-state index in [1.807, 2.05) is 53.7 Å². The van der Waals surface area contributed by atoms with Crippen molar-refractivity contribution in [3.63, 3.8) is 0 Å². The normalized spacial score (nSPS) is 9.96. The van der Waals surface area contributed by atoms with Crippen LogP contribution in [0.4, 0.5) is 0 Å². The van der Waals surface area contributed by atoms with Gasteiger partial charge < -0.3 is 5.11 Å². The minimum atomic E-state index is -0.851. The first-order chi connectivity index (χ1) is 11.1. The Hall–Kier alpha value is -2.13. The molecule has 0 aliphatic rings. The van der Waals surface area contributed by atoms with Crippen molar-refractivity contribution in [1.82, 2.24) is 0 Å². The second-order valence-corrected chi connectivity index (χ2v) is 6.28. The summed E-state index contributed by atoms with van der Waals surface area (Å²) in [5.41, 5.74) is 7.39. The SMILES string of the molecule is Cc1ccc(C(=O)Cl)c(C)c1C.Cc1ccc(C(=O)O)c(C)c1C. The average Bonchev–Trinajstić information content (AvgIpc) is 2.50. The van der Waals surface area contributed by atoms with Gasteiger partial charge in [0.15, 0.2) is 0 Å². The van der Waals surface area contributed by atoms with E-state index in [9.17, 15) is 9.59 Å². The smallest absolute Gasteiger partial charge is 0.335 e. The Bertz CT molecular complexity index is 724. The molecule has 24 heavy (non-hydrogen) atoms. The van der Waals surface area contributed by atoms with E-state index in [1.165, 1.54) is 5.56 Å². The fourth-order valence-electron chi connectivity index (χ4n) is 2.36. The van der Waals surface area contributed by atoms with Crippen LogP contribution in [0.25, 0.3) is 0 Å². The van der Waals surface area contributed by atoms with Crippen molar-refractivity contribution in [3.05, 3.63) is 68.8 Å². The van der Waals surface area contributed by atoms with Crippen LogP contribution in [0.3, 0.4) is 0 Å². The van der Waals surface area contributed by atoms with Crippen LogP contribution in [0.2, 0.25) is 0 Å². The van der Waals surface area contributed by atoms with Gasteiger partial charge in [0, 0.05) is 5.56 Å². The first-order valence-corrected chi connectivity index (χ1v) is 8.02. The molecule has 0 aliphatic heterocycles. The first-order valence-electron chi connectivity index (χ1n) is 7.64. The largest absolute Gasteiger partial charge is 0.478 e. The molecule has 0 radical (unpaired) electrons. The van der Waals surface area contributed by atoms with Gasteiger partial charge in [-0.2, -0.15) is 0 Å². The number of benzene rings is 2. The van der Waals surface area contributed by atoms with Crippen LogP contribution < -0.4 is 0 Å². The molecule has 0 heterocycles. The van der Waals surface area contributed by atoms with Gasteiger partial charge in [0.05, 0.1) is 5.56 Å². The van der Waals surface area contributed by atoms with E-state index in [-0.39, 0.29) is 5.24 Å². The van der Waals surface area contributed by atoms with Crippen LogP contribution in [-0.4, -0.2) is 16.3 Å². The molecule has 2 aromatic rings. The summed E-state index contributed by atoms with van der Waals surface area (Å²) in [6, 6.07) is 7.18. The summed E-state index contributed by atoms with van der Waals surface area (Å²) in [7, 11) is 0. The van der Waals surface area contributed by atoms with Crippen LogP contribution >= 0.6 is 11.6 Å². The molecule has 0 aliphatic carbocycles. The molecule has 0 aromatic heterocycles. The number of halogens is 1. The average molecular weight is 347 g/mol. The van der Waals surface area contributed by atoms with Gasteiger partial charge in [-0.1, -0.05) is 12.1 Å². The van der Waals surface area contributed by atoms with Gasteiger partial charge in [-0.05, 0) is 98.7 Å². The second-order valence-electron chi connectivity index (χ2n) is 5.94. The third-order valence-corrected chi connectivity index (χ3v) is 4.76. The van der Waals surface area contributed by atoms with Crippen molar-refractivity contribution in [1.29, 1.82) is 0 Å². The number of aromatic carboxylic acids is 1. The fourth-order valence-corrected chi connectivity index (χ4v) is 2.56. The predicted molar refractivity (Wildman–Crippen MR) is 98.4 cm³/mol. The number of hydrogen-bond acceptors (Lipinski definition) is 2. The second kappa shape index (κ2) is 8.11. The van der Waals surface area contributed by atoms with Crippen molar-refractivity contribution in [3.8, 4) is 0 Å². The van der Waals surface area contributed by atoms with E-state index in [0.717, 1.165) is 27.8 Å². The predicted octanol–water partition coefficient (Wildman–Crippen LogP) is 5.30. The van der Waals surface area contributed by atoms with Crippen molar-refractivity contribution < 1.29 is 14.7 Å². The molecule has 0 atom stereocenters. The monoisotopic (exact) mass is 346 g/mol. The minimum absolute atomic E-state index is 0.379. The fraction of sp³-hybridized carbons (Fsp3) is 0.300. The number of carboxylic acid groups (broad SMARTS) is 1. The maximum absolute atomic E-state index is 10.9. The first kappa shape index (κ1) is 19.9. The van der Waals surface area contributed by atoms with Gasteiger partial charge in [-0.25, -0.2) is 4.79 Å². The standard InChI is InChI=1S/C10H11ClO.C10H12O2/c2*1-6-4-5-9(10(11)12)8(3)7(6)2/h4-5H,1-3H3;4-5H,1-3H3,(H,11,12). The minimum Gasteiger partial charge on any atom is -0.478 e. The van der Waals surface area contributed by atoms with Crippen LogP contribution in [0.5, 0.6) is 0 Å². The molecule has 0 unspecified atom stereocenters. The van der Waals surface area contributed by atoms with E-state index in [1.54, 1.807) is 12.1 Å². The Labute approximate surface area is 148 Å².